The van der Waals surface area contributed by atoms with E-state index in [0.717, 1.165) is 22.4 Å². The molecule has 4 nitrogen and oxygen atoms in total. The number of aromatic carboxylic acids is 1. The summed E-state index contributed by atoms with van der Waals surface area (Å²) in [5.74, 6) is -0.0633. The molecule has 0 saturated carbocycles. The maximum Gasteiger partial charge on any atom is 0.337 e. The molecule has 0 amide bonds. The first-order valence-electron chi connectivity index (χ1n) is 7.26. The number of carbonyl (C=O) groups is 1. The SMILES string of the molecule is Cc1ccc(C)c(OCCNc2c(C)cccc2C(=O)O)c1. The number of aryl methyl sites for hydroxylation is 3. The molecule has 0 aliphatic heterocycles. The zero-order valence-electron chi connectivity index (χ0n) is 13.1. The fraction of sp³-hybridized carbons (Fsp3) is 0.278. The summed E-state index contributed by atoms with van der Waals surface area (Å²) in [6, 6.07) is 11.3. The molecule has 0 unspecified atom stereocenters. The number of benzene rings is 2. The first kappa shape index (κ1) is 15.9. The molecule has 0 saturated heterocycles. The van der Waals surface area contributed by atoms with E-state index in [1.807, 2.05) is 45.0 Å². The minimum absolute atomic E-state index is 0.284. The molecule has 2 rings (SSSR count). The Hall–Kier alpha value is -2.49. The van der Waals surface area contributed by atoms with E-state index in [-0.39, 0.29) is 5.56 Å². The van der Waals surface area contributed by atoms with Crippen molar-refractivity contribution in [2.24, 2.45) is 0 Å². The van der Waals surface area contributed by atoms with Crippen molar-refractivity contribution in [1.29, 1.82) is 0 Å². The number of carboxylic acids is 1. The molecule has 0 fully saturated rings. The number of hydrogen-bond acceptors (Lipinski definition) is 3. The highest BCUT2D eigenvalue weighted by molar-refractivity contribution is 5.95. The second kappa shape index (κ2) is 6.98. The van der Waals surface area contributed by atoms with Gasteiger partial charge in [-0.1, -0.05) is 24.3 Å². The molecule has 2 N–H and O–H groups in total. The van der Waals surface area contributed by atoms with Crippen molar-refractivity contribution in [2.75, 3.05) is 18.5 Å². The minimum Gasteiger partial charge on any atom is -0.491 e. The number of rotatable bonds is 6. The van der Waals surface area contributed by atoms with E-state index in [1.54, 1.807) is 12.1 Å². The minimum atomic E-state index is -0.929. The van der Waals surface area contributed by atoms with Crippen molar-refractivity contribution in [1.82, 2.24) is 0 Å². The van der Waals surface area contributed by atoms with Gasteiger partial charge in [-0.15, -0.1) is 0 Å². The third-order valence-corrected chi connectivity index (χ3v) is 3.51. The highest BCUT2D eigenvalue weighted by atomic mass is 16.5. The van der Waals surface area contributed by atoms with E-state index < -0.39 is 5.97 Å². The molecule has 0 spiro atoms. The van der Waals surface area contributed by atoms with Gasteiger partial charge in [-0.3, -0.25) is 0 Å². The van der Waals surface area contributed by atoms with E-state index in [1.165, 1.54) is 0 Å². The second-order valence-electron chi connectivity index (χ2n) is 5.35. The van der Waals surface area contributed by atoms with E-state index in [0.29, 0.717) is 18.8 Å². The van der Waals surface area contributed by atoms with Crippen molar-refractivity contribution in [2.45, 2.75) is 20.8 Å². The highest BCUT2D eigenvalue weighted by Crippen LogP contribution is 2.21. The van der Waals surface area contributed by atoms with Crippen molar-refractivity contribution in [3.8, 4) is 5.75 Å². The van der Waals surface area contributed by atoms with Crippen molar-refractivity contribution in [3.63, 3.8) is 0 Å². The van der Waals surface area contributed by atoms with E-state index in [9.17, 15) is 9.90 Å². The summed E-state index contributed by atoms with van der Waals surface area (Å²) in [5, 5.41) is 12.4. The van der Waals surface area contributed by atoms with Gasteiger partial charge in [0.1, 0.15) is 12.4 Å². The summed E-state index contributed by atoms with van der Waals surface area (Å²) in [6.07, 6.45) is 0. The molecule has 22 heavy (non-hydrogen) atoms. The largest absolute Gasteiger partial charge is 0.491 e. The molecule has 0 aliphatic rings. The number of carboxylic acid groups (broad SMARTS) is 1. The van der Waals surface area contributed by atoms with Gasteiger partial charge in [0, 0.05) is 6.54 Å². The fourth-order valence-corrected chi connectivity index (χ4v) is 2.28. The number of nitrogens with one attached hydrogen (secondary N) is 1. The monoisotopic (exact) mass is 299 g/mol. The first-order valence-corrected chi connectivity index (χ1v) is 7.26. The molecule has 0 aromatic heterocycles. The van der Waals surface area contributed by atoms with Crippen LogP contribution in [0.25, 0.3) is 0 Å². The fourth-order valence-electron chi connectivity index (χ4n) is 2.28. The number of para-hydroxylation sites is 1. The summed E-state index contributed by atoms with van der Waals surface area (Å²) < 4.78 is 5.77. The third kappa shape index (κ3) is 3.79. The van der Waals surface area contributed by atoms with E-state index >= 15 is 0 Å². The van der Waals surface area contributed by atoms with E-state index in [4.69, 9.17) is 4.74 Å². The van der Waals surface area contributed by atoms with Gasteiger partial charge < -0.3 is 15.2 Å². The van der Waals surface area contributed by atoms with Gasteiger partial charge in [0.05, 0.1) is 11.3 Å². The predicted molar refractivity (Wildman–Crippen MR) is 88.0 cm³/mol. The van der Waals surface area contributed by atoms with Crippen LogP contribution in [0.3, 0.4) is 0 Å². The van der Waals surface area contributed by atoms with Crippen molar-refractivity contribution in [3.05, 3.63) is 58.7 Å². The molecule has 116 valence electrons. The Morgan fingerprint density at radius 3 is 2.64 bits per heavy atom. The molecule has 2 aromatic rings. The molecule has 0 heterocycles. The molecular weight excluding hydrogens is 278 g/mol. The van der Waals surface area contributed by atoms with Gasteiger partial charge in [-0.05, 0) is 49.6 Å². The highest BCUT2D eigenvalue weighted by Gasteiger charge is 2.11. The Morgan fingerprint density at radius 1 is 1.14 bits per heavy atom. The Kier molecular flexibility index (Phi) is 5.04. The van der Waals surface area contributed by atoms with Crippen molar-refractivity contribution >= 4 is 11.7 Å². The summed E-state index contributed by atoms with van der Waals surface area (Å²) in [6.45, 7) is 6.93. The Labute approximate surface area is 130 Å². The average Bonchev–Trinajstić information content (AvgIpc) is 2.48. The summed E-state index contributed by atoms with van der Waals surface area (Å²) >= 11 is 0. The lowest BCUT2D eigenvalue weighted by Crippen LogP contribution is -2.15. The maximum absolute atomic E-state index is 11.2. The number of hydrogen-bond donors (Lipinski definition) is 2. The maximum atomic E-state index is 11.2. The van der Waals surface area contributed by atoms with Gasteiger partial charge in [0.2, 0.25) is 0 Å². The Bertz CT molecular complexity index is 680. The zero-order chi connectivity index (χ0) is 16.1. The molecular formula is C18H21NO3. The standard InChI is InChI=1S/C18H21NO3/c1-12-7-8-13(2)16(11-12)22-10-9-19-17-14(3)5-4-6-15(17)18(20)21/h4-8,11,19H,9-10H2,1-3H3,(H,20,21). The van der Waals surface area contributed by atoms with Gasteiger partial charge in [-0.2, -0.15) is 0 Å². The van der Waals surface area contributed by atoms with Crippen LogP contribution in [-0.2, 0) is 0 Å². The lowest BCUT2D eigenvalue weighted by Gasteiger charge is -2.14. The van der Waals surface area contributed by atoms with Crippen LogP contribution in [0.4, 0.5) is 5.69 Å². The summed E-state index contributed by atoms with van der Waals surface area (Å²) in [4.78, 5) is 11.2. The van der Waals surface area contributed by atoms with Crippen LogP contribution in [-0.4, -0.2) is 24.2 Å². The Balaban J connectivity index is 1.97. The third-order valence-electron chi connectivity index (χ3n) is 3.51. The lowest BCUT2D eigenvalue weighted by atomic mass is 10.1. The predicted octanol–water partition coefficient (Wildman–Crippen LogP) is 3.80. The molecule has 0 atom stereocenters. The van der Waals surface area contributed by atoms with Crippen LogP contribution < -0.4 is 10.1 Å². The van der Waals surface area contributed by atoms with Gasteiger partial charge in [-0.25, -0.2) is 4.79 Å². The van der Waals surface area contributed by atoms with Crippen LogP contribution in [0.2, 0.25) is 0 Å². The Morgan fingerprint density at radius 2 is 1.91 bits per heavy atom. The summed E-state index contributed by atoms with van der Waals surface area (Å²) in [7, 11) is 0. The second-order valence-corrected chi connectivity index (χ2v) is 5.35. The van der Waals surface area contributed by atoms with Gasteiger partial charge in [0.15, 0.2) is 0 Å². The van der Waals surface area contributed by atoms with Crippen LogP contribution >= 0.6 is 0 Å². The average molecular weight is 299 g/mol. The van der Waals surface area contributed by atoms with Gasteiger partial charge in [0.25, 0.3) is 0 Å². The lowest BCUT2D eigenvalue weighted by molar-refractivity contribution is 0.0698. The first-order chi connectivity index (χ1) is 10.5. The number of ether oxygens (including phenoxy) is 1. The molecule has 0 radical (unpaired) electrons. The topological polar surface area (TPSA) is 58.6 Å². The van der Waals surface area contributed by atoms with Crippen LogP contribution in [0, 0.1) is 20.8 Å². The van der Waals surface area contributed by atoms with Crippen molar-refractivity contribution < 1.29 is 14.6 Å². The molecule has 4 heteroatoms. The van der Waals surface area contributed by atoms with Gasteiger partial charge >= 0.3 is 5.97 Å². The van der Waals surface area contributed by atoms with Crippen LogP contribution in [0.5, 0.6) is 5.75 Å². The zero-order valence-corrected chi connectivity index (χ0v) is 13.1. The summed E-state index contributed by atoms with van der Waals surface area (Å²) in [5.41, 5.74) is 4.09. The molecule has 0 bridgehead atoms. The molecule has 2 aromatic carbocycles. The van der Waals surface area contributed by atoms with Crippen LogP contribution in [0.1, 0.15) is 27.0 Å². The molecule has 0 aliphatic carbocycles. The van der Waals surface area contributed by atoms with Crippen LogP contribution in [0.15, 0.2) is 36.4 Å². The van der Waals surface area contributed by atoms with E-state index in [2.05, 4.69) is 5.32 Å². The normalized spacial score (nSPS) is 10.3. The number of anilines is 1. The quantitative estimate of drug-likeness (QED) is 0.797. The smallest absolute Gasteiger partial charge is 0.337 e.